The van der Waals surface area contributed by atoms with Crippen LogP contribution in [0.4, 0.5) is 11.4 Å². The average Bonchev–Trinajstić information content (AvgIpc) is 3.40. The van der Waals surface area contributed by atoms with E-state index in [0.29, 0.717) is 21.7 Å². The molecule has 10 heteroatoms. The van der Waals surface area contributed by atoms with Crippen molar-refractivity contribution >= 4 is 51.1 Å². The Labute approximate surface area is 181 Å². The summed E-state index contributed by atoms with van der Waals surface area (Å²) < 4.78 is 1.66. The van der Waals surface area contributed by atoms with Crippen LogP contribution in [0, 0.1) is 0 Å². The lowest BCUT2D eigenvalue weighted by molar-refractivity contribution is 0.102. The third kappa shape index (κ3) is 3.51. The lowest BCUT2D eigenvalue weighted by Crippen LogP contribution is -2.43. The summed E-state index contributed by atoms with van der Waals surface area (Å²) in [5.74, 6) is -0.288. The summed E-state index contributed by atoms with van der Waals surface area (Å²) in [6.07, 6.45) is 3.41. The number of carbonyl (C=O) groups is 1. The van der Waals surface area contributed by atoms with Gasteiger partial charge in [0, 0.05) is 43.1 Å². The molecule has 5 rings (SSSR count). The van der Waals surface area contributed by atoms with Crippen LogP contribution >= 0.6 is 22.9 Å². The Bertz CT molecular complexity index is 1210. The van der Waals surface area contributed by atoms with Gasteiger partial charge in [0.2, 0.25) is 5.13 Å². The van der Waals surface area contributed by atoms with Gasteiger partial charge in [-0.25, -0.2) is 9.67 Å². The smallest absolute Gasteiger partial charge is 0.275 e. The Hall–Kier alpha value is -3.01. The van der Waals surface area contributed by atoms with E-state index in [0.717, 1.165) is 42.8 Å². The second kappa shape index (κ2) is 8.02. The molecule has 0 unspecified atom stereocenters. The summed E-state index contributed by atoms with van der Waals surface area (Å²) in [7, 11) is 0. The topological polar surface area (TPSA) is 88.0 Å². The van der Waals surface area contributed by atoms with Crippen LogP contribution in [-0.4, -0.2) is 51.8 Å². The van der Waals surface area contributed by atoms with Crippen molar-refractivity contribution in [2.45, 2.75) is 0 Å². The first-order valence-corrected chi connectivity index (χ1v) is 10.8. The van der Waals surface area contributed by atoms with Crippen molar-refractivity contribution in [1.82, 2.24) is 25.1 Å². The van der Waals surface area contributed by atoms with E-state index in [1.54, 1.807) is 22.5 Å². The van der Waals surface area contributed by atoms with Crippen molar-refractivity contribution in [3.63, 3.8) is 0 Å². The molecule has 1 saturated heterocycles. The molecule has 0 saturated carbocycles. The molecule has 4 aromatic rings. The van der Waals surface area contributed by atoms with Crippen LogP contribution in [-0.2, 0) is 0 Å². The summed E-state index contributed by atoms with van der Waals surface area (Å²) in [6, 6.07) is 9.57. The predicted molar refractivity (Wildman–Crippen MR) is 119 cm³/mol. The van der Waals surface area contributed by atoms with Gasteiger partial charge in [-0.3, -0.25) is 9.78 Å². The number of benzene rings is 1. The first kappa shape index (κ1) is 19.0. The lowest BCUT2D eigenvalue weighted by Gasteiger charge is -2.30. The van der Waals surface area contributed by atoms with Crippen molar-refractivity contribution in [2.24, 2.45) is 0 Å². The zero-order valence-corrected chi connectivity index (χ0v) is 17.5. The van der Waals surface area contributed by atoms with Gasteiger partial charge in [-0.1, -0.05) is 23.7 Å². The predicted octanol–water partition coefficient (Wildman–Crippen LogP) is 3.19. The number of fused-ring (bicyclic) bond motifs is 1. The molecular weight excluding hydrogens is 422 g/mol. The molecule has 8 nitrogen and oxygen atoms in total. The molecule has 152 valence electrons. The first-order chi connectivity index (χ1) is 14.7. The van der Waals surface area contributed by atoms with Gasteiger partial charge >= 0.3 is 0 Å². The standard InChI is InChI=1S/C20H18ClN7OS/c21-18-13-3-1-2-4-16(13)28(26-18)20-25-15(12-30-20)19(29)24-14-11-23-6-5-17(14)27-9-7-22-8-10-27/h1-6,11-12,22H,7-10H2,(H,24,29). The Morgan fingerprint density at radius 2 is 2.03 bits per heavy atom. The molecule has 1 aliphatic heterocycles. The highest BCUT2D eigenvalue weighted by atomic mass is 35.5. The van der Waals surface area contributed by atoms with Crippen LogP contribution in [0.5, 0.6) is 0 Å². The fraction of sp³-hybridized carbons (Fsp3) is 0.200. The maximum absolute atomic E-state index is 12.9. The molecule has 3 aromatic heterocycles. The fourth-order valence-electron chi connectivity index (χ4n) is 3.49. The molecule has 2 N–H and O–H groups in total. The highest BCUT2D eigenvalue weighted by Gasteiger charge is 2.19. The highest BCUT2D eigenvalue weighted by molar-refractivity contribution is 7.12. The third-order valence-corrected chi connectivity index (χ3v) is 6.05. The van der Waals surface area contributed by atoms with Gasteiger partial charge in [0.1, 0.15) is 5.69 Å². The van der Waals surface area contributed by atoms with Crippen molar-refractivity contribution in [2.75, 3.05) is 36.4 Å². The van der Waals surface area contributed by atoms with Gasteiger partial charge in [0.25, 0.3) is 5.91 Å². The number of aromatic nitrogens is 4. The van der Waals surface area contributed by atoms with Crippen LogP contribution in [0.3, 0.4) is 0 Å². The van der Waals surface area contributed by atoms with Crippen LogP contribution in [0.1, 0.15) is 10.5 Å². The molecule has 1 fully saturated rings. The minimum Gasteiger partial charge on any atom is -0.367 e. The number of halogens is 1. The minimum absolute atomic E-state index is 0.288. The summed E-state index contributed by atoms with van der Waals surface area (Å²) in [4.78, 5) is 23.8. The van der Waals surface area contributed by atoms with Gasteiger partial charge < -0.3 is 15.5 Å². The fourth-order valence-corrected chi connectivity index (χ4v) is 4.49. The number of hydrogen-bond acceptors (Lipinski definition) is 7. The first-order valence-electron chi connectivity index (χ1n) is 9.51. The Morgan fingerprint density at radius 1 is 1.20 bits per heavy atom. The largest absolute Gasteiger partial charge is 0.367 e. The number of nitrogens with one attached hydrogen (secondary N) is 2. The summed E-state index contributed by atoms with van der Waals surface area (Å²) in [5.41, 5.74) is 2.80. The lowest BCUT2D eigenvalue weighted by atomic mass is 10.2. The van der Waals surface area contributed by atoms with Crippen molar-refractivity contribution in [3.05, 3.63) is 59.0 Å². The SMILES string of the molecule is O=C(Nc1cnccc1N1CCNCC1)c1csc(-n2nc(Cl)c3ccccc32)n1. The van der Waals surface area contributed by atoms with E-state index in [-0.39, 0.29) is 5.91 Å². The van der Waals surface area contributed by atoms with Crippen molar-refractivity contribution in [1.29, 1.82) is 0 Å². The molecule has 30 heavy (non-hydrogen) atoms. The Kier molecular flexibility index (Phi) is 5.07. The van der Waals surface area contributed by atoms with Gasteiger partial charge in [0.15, 0.2) is 5.15 Å². The van der Waals surface area contributed by atoms with Crippen molar-refractivity contribution in [3.8, 4) is 5.13 Å². The number of thiazole rings is 1. The van der Waals surface area contributed by atoms with E-state index in [2.05, 4.69) is 30.6 Å². The Morgan fingerprint density at radius 3 is 2.90 bits per heavy atom. The number of carbonyl (C=O) groups excluding carboxylic acids is 1. The molecule has 0 aliphatic carbocycles. The molecule has 0 radical (unpaired) electrons. The van der Waals surface area contributed by atoms with E-state index in [9.17, 15) is 4.79 Å². The summed E-state index contributed by atoms with van der Waals surface area (Å²) in [6.45, 7) is 3.57. The number of anilines is 2. The molecule has 1 amide bonds. The second-order valence-electron chi connectivity index (χ2n) is 6.82. The number of piperazine rings is 1. The molecule has 0 bridgehead atoms. The average molecular weight is 440 g/mol. The van der Waals surface area contributed by atoms with E-state index in [1.807, 2.05) is 30.3 Å². The number of hydrogen-bond donors (Lipinski definition) is 2. The maximum Gasteiger partial charge on any atom is 0.275 e. The molecule has 0 atom stereocenters. The molecular formula is C20H18ClN7OS. The van der Waals surface area contributed by atoms with Crippen LogP contribution in [0.25, 0.3) is 16.0 Å². The monoisotopic (exact) mass is 439 g/mol. The van der Waals surface area contributed by atoms with E-state index < -0.39 is 0 Å². The van der Waals surface area contributed by atoms with Gasteiger partial charge in [-0.2, -0.15) is 5.10 Å². The number of rotatable bonds is 4. The van der Waals surface area contributed by atoms with Crippen LogP contribution in [0.2, 0.25) is 5.15 Å². The van der Waals surface area contributed by atoms with Gasteiger partial charge in [-0.05, 0) is 18.2 Å². The zero-order chi connectivity index (χ0) is 20.5. The summed E-state index contributed by atoms with van der Waals surface area (Å²) >= 11 is 7.58. The number of pyridine rings is 1. The highest BCUT2D eigenvalue weighted by Crippen LogP contribution is 2.28. The van der Waals surface area contributed by atoms with Gasteiger partial charge in [-0.15, -0.1) is 11.3 Å². The molecule has 1 aromatic carbocycles. The van der Waals surface area contributed by atoms with E-state index >= 15 is 0 Å². The molecule has 0 spiro atoms. The second-order valence-corrected chi connectivity index (χ2v) is 8.01. The molecule has 1 aliphatic rings. The van der Waals surface area contributed by atoms with E-state index in [1.165, 1.54) is 11.3 Å². The maximum atomic E-state index is 12.9. The third-order valence-electron chi connectivity index (χ3n) is 4.95. The number of amides is 1. The van der Waals surface area contributed by atoms with Gasteiger partial charge in [0.05, 0.1) is 23.1 Å². The number of nitrogens with zero attached hydrogens (tertiary/aromatic N) is 5. The quantitative estimate of drug-likeness (QED) is 0.507. The zero-order valence-electron chi connectivity index (χ0n) is 15.9. The summed E-state index contributed by atoms with van der Waals surface area (Å²) in [5, 5.41) is 14.2. The number of para-hydroxylation sites is 1. The Balaban J connectivity index is 1.40. The van der Waals surface area contributed by atoms with E-state index in [4.69, 9.17) is 11.6 Å². The minimum atomic E-state index is -0.288. The van der Waals surface area contributed by atoms with Crippen LogP contribution < -0.4 is 15.5 Å². The van der Waals surface area contributed by atoms with Crippen molar-refractivity contribution < 1.29 is 4.79 Å². The van der Waals surface area contributed by atoms with Crippen LogP contribution in [0.15, 0.2) is 48.1 Å². The normalized spacial score (nSPS) is 14.2. The molecule has 4 heterocycles.